The van der Waals surface area contributed by atoms with E-state index in [-0.39, 0.29) is 39.6 Å². The molecule has 0 saturated heterocycles. The first kappa shape index (κ1) is 29.4. The molecule has 2 fully saturated rings. The minimum absolute atomic E-state index is 0.0131. The summed E-state index contributed by atoms with van der Waals surface area (Å²) in [4.78, 5) is 26.7. The topological polar surface area (TPSA) is 64.4 Å². The second-order valence-electron chi connectivity index (χ2n) is 15.1. The highest BCUT2D eigenvalue weighted by molar-refractivity contribution is 5.91. The summed E-state index contributed by atoms with van der Waals surface area (Å²) in [5.74, 6) is 2.58. The average Bonchev–Trinajstić information content (AvgIpc) is 3.43. The lowest BCUT2D eigenvalue weighted by molar-refractivity contribution is -0.167. The van der Waals surface area contributed by atoms with Crippen LogP contribution in [0, 0.1) is 39.4 Å². The molecule has 1 amide bonds. The number of nitrogens with zero attached hydrogens (tertiary/aromatic N) is 3. The van der Waals surface area contributed by atoms with Crippen LogP contribution < -0.4 is 4.90 Å². The number of fused-ring (bicyclic) bond motifs is 4. The van der Waals surface area contributed by atoms with Crippen molar-refractivity contribution >= 4 is 17.7 Å². The van der Waals surface area contributed by atoms with E-state index in [1.807, 2.05) is 20.2 Å². The van der Waals surface area contributed by atoms with Crippen LogP contribution in [-0.4, -0.2) is 34.8 Å². The molecule has 0 aromatic carbocycles. The normalized spacial score (nSPS) is 37.3. The lowest BCUT2D eigenvalue weighted by Gasteiger charge is -2.62. The molecule has 1 aromatic heterocycles. The van der Waals surface area contributed by atoms with Crippen molar-refractivity contribution in [2.24, 2.45) is 46.5 Å². The van der Waals surface area contributed by atoms with Crippen molar-refractivity contribution in [1.82, 2.24) is 9.78 Å². The van der Waals surface area contributed by atoms with Crippen LogP contribution in [0.5, 0.6) is 0 Å². The van der Waals surface area contributed by atoms with Crippen LogP contribution in [0.15, 0.2) is 23.4 Å². The Bertz CT molecular complexity index is 1200. The maximum Gasteiger partial charge on any atom is 0.302 e. The molecule has 0 N–H and O–H groups in total. The number of allylic oxidation sites excluding steroid dienone is 2. The van der Waals surface area contributed by atoms with Gasteiger partial charge in [0.2, 0.25) is 5.91 Å². The second kappa shape index (κ2) is 10.0. The number of esters is 1. The molecule has 4 aliphatic rings. The van der Waals surface area contributed by atoms with Crippen molar-refractivity contribution in [2.75, 3.05) is 11.9 Å². The molecule has 0 bridgehead atoms. The predicted molar refractivity (Wildman–Crippen MR) is 160 cm³/mol. The Morgan fingerprint density at radius 3 is 2.45 bits per heavy atom. The van der Waals surface area contributed by atoms with E-state index < -0.39 is 0 Å². The van der Waals surface area contributed by atoms with Crippen LogP contribution >= 0.6 is 0 Å². The first-order valence-electron chi connectivity index (χ1n) is 15.8. The molecule has 1 aromatic rings. The minimum atomic E-state index is -0.144. The molecule has 0 aliphatic heterocycles. The largest absolute Gasteiger partial charge is 0.462 e. The SMILES string of the molecule is CC(=O)O[C@H]1CC[C@]2(C)C3=C(CC[C@H]2C1(C)C)[C@]1(C)CC[C@H]([C@H](C)CCC(=O)N(C)c2ccnn2C)[C@@]1(C)CC3. The fourth-order valence-corrected chi connectivity index (χ4v) is 10.6. The zero-order valence-electron chi connectivity index (χ0n) is 26.6. The van der Waals surface area contributed by atoms with Gasteiger partial charge in [-0.15, -0.1) is 0 Å². The molecule has 40 heavy (non-hydrogen) atoms. The monoisotopic (exact) mass is 551 g/mol. The summed E-state index contributed by atoms with van der Waals surface area (Å²) >= 11 is 0. The number of rotatable bonds is 6. The van der Waals surface area contributed by atoms with E-state index in [2.05, 4.69) is 46.6 Å². The molecule has 2 saturated carbocycles. The van der Waals surface area contributed by atoms with Gasteiger partial charge in [0.1, 0.15) is 11.9 Å². The highest BCUT2D eigenvalue weighted by Crippen LogP contribution is 2.72. The zero-order valence-corrected chi connectivity index (χ0v) is 26.6. The molecule has 6 heteroatoms. The van der Waals surface area contributed by atoms with E-state index >= 15 is 0 Å². The average molecular weight is 552 g/mol. The Balaban J connectivity index is 1.34. The van der Waals surface area contributed by atoms with Crippen molar-refractivity contribution in [1.29, 1.82) is 0 Å². The van der Waals surface area contributed by atoms with Gasteiger partial charge < -0.3 is 9.64 Å². The van der Waals surface area contributed by atoms with E-state index in [4.69, 9.17) is 4.74 Å². The fourth-order valence-electron chi connectivity index (χ4n) is 10.6. The van der Waals surface area contributed by atoms with Gasteiger partial charge in [0.15, 0.2) is 0 Å². The maximum atomic E-state index is 13.1. The molecule has 5 rings (SSSR count). The standard InChI is InChI=1S/C34H53N3O3/c1-22(10-13-30(39)36(8)29-17-21-35-37(29)9)24-14-19-34(7)26-11-12-27-31(3,4)28(40-23(2)38)16-18-32(27,5)25(26)15-20-33(24,34)6/h17,21-22,24,27-28H,10-16,18-20H2,1-9H3/t22-,24-,27+,28+,32-,33-,34+/m1/s1. The van der Waals surface area contributed by atoms with Gasteiger partial charge in [-0.1, -0.05) is 52.7 Å². The minimum Gasteiger partial charge on any atom is -0.462 e. The zero-order chi connectivity index (χ0) is 29.3. The Kier molecular flexibility index (Phi) is 7.36. The van der Waals surface area contributed by atoms with Crippen LogP contribution in [0.25, 0.3) is 0 Å². The summed E-state index contributed by atoms with van der Waals surface area (Å²) in [6, 6.07) is 1.90. The summed E-state index contributed by atoms with van der Waals surface area (Å²) in [7, 11) is 3.75. The smallest absolute Gasteiger partial charge is 0.302 e. The molecule has 4 aliphatic carbocycles. The van der Waals surface area contributed by atoms with E-state index in [1.54, 1.807) is 33.8 Å². The molecule has 0 spiro atoms. The Hall–Kier alpha value is -2.11. The van der Waals surface area contributed by atoms with Gasteiger partial charge in [0.05, 0.1) is 6.20 Å². The van der Waals surface area contributed by atoms with Gasteiger partial charge in [0, 0.05) is 38.9 Å². The van der Waals surface area contributed by atoms with Crippen LogP contribution in [0.1, 0.15) is 113 Å². The molecule has 0 unspecified atom stereocenters. The molecule has 222 valence electrons. The molecular weight excluding hydrogens is 498 g/mol. The number of aromatic nitrogens is 2. The summed E-state index contributed by atoms with van der Waals surface area (Å²) in [5.41, 5.74) is 4.24. The summed E-state index contributed by atoms with van der Waals surface area (Å²) in [6.07, 6.45) is 12.7. The lowest BCUT2D eigenvalue weighted by Crippen LogP contribution is -2.55. The van der Waals surface area contributed by atoms with Gasteiger partial charge >= 0.3 is 5.97 Å². The molecule has 1 heterocycles. The molecule has 0 radical (unpaired) electrons. The quantitative estimate of drug-likeness (QED) is 0.272. The van der Waals surface area contributed by atoms with Crippen molar-refractivity contribution in [3.8, 4) is 0 Å². The number of hydrogen-bond donors (Lipinski definition) is 0. The molecular formula is C34H53N3O3. The Labute approximate surface area is 242 Å². The highest BCUT2D eigenvalue weighted by atomic mass is 16.5. The second-order valence-corrected chi connectivity index (χ2v) is 15.1. The first-order valence-corrected chi connectivity index (χ1v) is 15.8. The van der Waals surface area contributed by atoms with Crippen molar-refractivity contribution < 1.29 is 14.3 Å². The van der Waals surface area contributed by atoms with Gasteiger partial charge in [-0.3, -0.25) is 14.3 Å². The first-order chi connectivity index (χ1) is 18.7. The number of carbonyl (C=O) groups is 2. The van der Waals surface area contributed by atoms with Gasteiger partial charge in [-0.2, -0.15) is 5.10 Å². The number of carbonyl (C=O) groups excluding carboxylic acids is 2. The highest BCUT2D eigenvalue weighted by Gasteiger charge is 2.63. The Morgan fingerprint density at radius 1 is 1.07 bits per heavy atom. The number of anilines is 1. The summed E-state index contributed by atoms with van der Waals surface area (Å²) in [5, 5.41) is 4.22. The van der Waals surface area contributed by atoms with E-state index in [1.165, 1.54) is 38.5 Å². The van der Waals surface area contributed by atoms with Crippen molar-refractivity contribution in [3.05, 3.63) is 23.4 Å². The summed E-state index contributed by atoms with van der Waals surface area (Å²) < 4.78 is 7.64. The van der Waals surface area contributed by atoms with Crippen LogP contribution in [0.2, 0.25) is 0 Å². The number of hydrogen-bond acceptors (Lipinski definition) is 4. The van der Waals surface area contributed by atoms with Crippen molar-refractivity contribution in [3.63, 3.8) is 0 Å². The fraction of sp³-hybridized carbons (Fsp3) is 0.794. The number of ether oxygens (including phenoxy) is 1. The number of aryl methyl sites for hydroxylation is 1. The van der Waals surface area contributed by atoms with E-state index in [0.717, 1.165) is 25.1 Å². The third kappa shape index (κ3) is 4.29. The van der Waals surface area contributed by atoms with Gasteiger partial charge in [-0.05, 0) is 91.8 Å². The Morgan fingerprint density at radius 2 is 1.80 bits per heavy atom. The molecule has 7 atom stereocenters. The van der Waals surface area contributed by atoms with Crippen LogP contribution in [0.3, 0.4) is 0 Å². The predicted octanol–water partition coefficient (Wildman–Crippen LogP) is 7.48. The van der Waals surface area contributed by atoms with Crippen molar-refractivity contribution in [2.45, 2.75) is 119 Å². The maximum absolute atomic E-state index is 13.1. The molecule has 6 nitrogen and oxygen atoms in total. The lowest BCUT2D eigenvalue weighted by atomic mass is 9.43. The van der Waals surface area contributed by atoms with Crippen LogP contribution in [0.4, 0.5) is 5.82 Å². The summed E-state index contributed by atoms with van der Waals surface area (Å²) in [6.45, 7) is 16.4. The van der Waals surface area contributed by atoms with Crippen LogP contribution in [-0.2, 0) is 21.4 Å². The number of amides is 1. The van der Waals surface area contributed by atoms with Gasteiger partial charge in [-0.25, -0.2) is 0 Å². The van der Waals surface area contributed by atoms with E-state index in [9.17, 15) is 9.59 Å². The third-order valence-corrected chi connectivity index (χ3v) is 13.1. The van der Waals surface area contributed by atoms with Gasteiger partial charge in [0.25, 0.3) is 0 Å². The third-order valence-electron chi connectivity index (χ3n) is 13.1. The van der Waals surface area contributed by atoms with E-state index in [0.29, 0.717) is 24.2 Å².